The van der Waals surface area contributed by atoms with Crippen molar-refractivity contribution in [1.29, 1.82) is 0 Å². The lowest BCUT2D eigenvalue weighted by molar-refractivity contribution is -0.132. The molecule has 2 N–H and O–H groups in total. The van der Waals surface area contributed by atoms with Crippen LogP contribution in [0.1, 0.15) is 21.5 Å². The molecule has 0 unspecified atom stereocenters. The van der Waals surface area contributed by atoms with Crippen LogP contribution in [0.4, 0.5) is 0 Å². The summed E-state index contributed by atoms with van der Waals surface area (Å²) in [5.41, 5.74) is 2.19. The molecule has 0 radical (unpaired) electrons. The summed E-state index contributed by atoms with van der Waals surface area (Å²) >= 11 is 1.39. The molecule has 0 aliphatic rings. The van der Waals surface area contributed by atoms with Crippen LogP contribution in [0.2, 0.25) is 0 Å². The summed E-state index contributed by atoms with van der Waals surface area (Å²) in [6, 6.07) is 3.59. The van der Waals surface area contributed by atoms with Crippen LogP contribution in [-0.2, 0) is 9.63 Å². The summed E-state index contributed by atoms with van der Waals surface area (Å²) < 4.78 is 0. The fourth-order valence-corrected chi connectivity index (χ4v) is 1.78. The predicted octanol–water partition coefficient (Wildman–Crippen LogP) is 0.854. The summed E-state index contributed by atoms with van der Waals surface area (Å²) in [6.07, 6.45) is 0. The number of nitrogens with one attached hydrogen (secondary N) is 2. The van der Waals surface area contributed by atoms with Gasteiger partial charge in [-0.25, -0.2) is 5.48 Å². The molecule has 0 aliphatic heterocycles. The molecule has 0 aliphatic carbocycles. The van der Waals surface area contributed by atoms with E-state index in [4.69, 9.17) is 0 Å². The Balaban J connectivity index is 2.33. The van der Waals surface area contributed by atoms with E-state index < -0.39 is 0 Å². The molecule has 0 aromatic carbocycles. The highest BCUT2D eigenvalue weighted by Gasteiger charge is 2.09. The smallest absolute Gasteiger partial charge is 0.262 e. The van der Waals surface area contributed by atoms with Crippen molar-refractivity contribution in [3.63, 3.8) is 0 Å². The SMILES string of the molecule is CCONC(=O)CNC(=O)c1ccc(C)s1. The standard InChI is InChI=1S/C10H14N2O3S/c1-3-15-12-9(13)6-11-10(14)8-5-4-7(2)16-8/h4-5H,3,6H2,1-2H3,(H,11,14)(H,12,13). The van der Waals surface area contributed by atoms with E-state index in [0.29, 0.717) is 11.5 Å². The zero-order valence-corrected chi connectivity index (χ0v) is 10.0. The maximum Gasteiger partial charge on any atom is 0.262 e. The van der Waals surface area contributed by atoms with E-state index in [1.165, 1.54) is 11.3 Å². The van der Waals surface area contributed by atoms with Crippen molar-refractivity contribution < 1.29 is 14.4 Å². The Kier molecular flexibility index (Phi) is 4.94. The van der Waals surface area contributed by atoms with Gasteiger partial charge >= 0.3 is 0 Å². The maximum absolute atomic E-state index is 11.5. The van der Waals surface area contributed by atoms with Gasteiger partial charge in [0.1, 0.15) is 0 Å². The van der Waals surface area contributed by atoms with Gasteiger partial charge in [0, 0.05) is 4.88 Å². The summed E-state index contributed by atoms with van der Waals surface area (Å²) in [7, 11) is 0. The number of thiophene rings is 1. The molecular weight excluding hydrogens is 228 g/mol. The number of carbonyl (C=O) groups is 2. The van der Waals surface area contributed by atoms with E-state index in [2.05, 4.69) is 15.6 Å². The molecule has 0 atom stereocenters. The molecule has 6 heteroatoms. The van der Waals surface area contributed by atoms with Crippen LogP contribution in [-0.4, -0.2) is 25.0 Å². The first-order chi connectivity index (χ1) is 7.63. The van der Waals surface area contributed by atoms with Crippen molar-refractivity contribution in [2.75, 3.05) is 13.2 Å². The van der Waals surface area contributed by atoms with E-state index in [0.717, 1.165) is 4.88 Å². The molecular formula is C10H14N2O3S. The first-order valence-electron chi connectivity index (χ1n) is 4.88. The molecule has 1 rings (SSSR count). The first-order valence-corrected chi connectivity index (χ1v) is 5.70. The van der Waals surface area contributed by atoms with Gasteiger partial charge in [0.15, 0.2) is 0 Å². The summed E-state index contributed by atoms with van der Waals surface area (Å²) in [6.45, 7) is 3.98. The van der Waals surface area contributed by atoms with Crippen molar-refractivity contribution in [2.45, 2.75) is 13.8 Å². The zero-order valence-electron chi connectivity index (χ0n) is 9.20. The Morgan fingerprint density at radius 1 is 1.44 bits per heavy atom. The van der Waals surface area contributed by atoms with Crippen LogP contribution in [0.15, 0.2) is 12.1 Å². The highest BCUT2D eigenvalue weighted by atomic mass is 32.1. The molecule has 88 valence electrons. The second-order valence-electron chi connectivity index (χ2n) is 3.05. The molecule has 1 aromatic heterocycles. The Morgan fingerprint density at radius 3 is 2.75 bits per heavy atom. The summed E-state index contributed by atoms with van der Waals surface area (Å²) in [4.78, 5) is 29.0. The minimum absolute atomic E-state index is 0.0875. The Bertz CT molecular complexity index is 376. The second-order valence-corrected chi connectivity index (χ2v) is 4.34. The van der Waals surface area contributed by atoms with Crippen molar-refractivity contribution in [3.05, 3.63) is 21.9 Å². The predicted molar refractivity (Wildman–Crippen MR) is 61.2 cm³/mol. The number of carbonyl (C=O) groups excluding carboxylic acids is 2. The van der Waals surface area contributed by atoms with E-state index in [9.17, 15) is 9.59 Å². The van der Waals surface area contributed by atoms with Crippen LogP contribution in [0.5, 0.6) is 0 Å². The Labute approximate surface area is 97.8 Å². The lowest BCUT2D eigenvalue weighted by Gasteiger charge is -2.04. The molecule has 0 saturated heterocycles. The zero-order chi connectivity index (χ0) is 12.0. The van der Waals surface area contributed by atoms with Crippen molar-refractivity contribution in [2.24, 2.45) is 0 Å². The highest BCUT2D eigenvalue weighted by molar-refractivity contribution is 7.13. The molecule has 0 bridgehead atoms. The van der Waals surface area contributed by atoms with Crippen LogP contribution < -0.4 is 10.8 Å². The normalized spacial score (nSPS) is 9.88. The Hall–Kier alpha value is -1.40. The monoisotopic (exact) mass is 242 g/mol. The summed E-state index contributed by atoms with van der Waals surface area (Å²) in [5, 5.41) is 2.50. The maximum atomic E-state index is 11.5. The van der Waals surface area contributed by atoms with Crippen LogP contribution in [0, 0.1) is 6.92 Å². The third-order valence-corrected chi connectivity index (χ3v) is 2.70. The van der Waals surface area contributed by atoms with Gasteiger partial charge in [-0.2, -0.15) is 0 Å². The fraction of sp³-hybridized carbons (Fsp3) is 0.400. The van der Waals surface area contributed by atoms with E-state index in [-0.39, 0.29) is 18.4 Å². The first kappa shape index (κ1) is 12.7. The molecule has 16 heavy (non-hydrogen) atoms. The number of aryl methyl sites for hydroxylation is 1. The minimum Gasteiger partial charge on any atom is -0.342 e. The lowest BCUT2D eigenvalue weighted by Crippen LogP contribution is -2.36. The lowest BCUT2D eigenvalue weighted by atomic mass is 10.4. The molecule has 1 aromatic rings. The topological polar surface area (TPSA) is 67.4 Å². The average Bonchev–Trinajstić information content (AvgIpc) is 2.69. The molecule has 5 nitrogen and oxygen atoms in total. The van der Waals surface area contributed by atoms with Crippen LogP contribution in [0.3, 0.4) is 0 Å². The van der Waals surface area contributed by atoms with Gasteiger partial charge in [-0.05, 0) is 26.0 Å². The van der Waals surface area contributed by atoms with Crippen molar-refractivity contribution >= 4 is 23.2 Å². The fourth-order valence-electron chi connectivity index (χ4n) is 0.993. The molecule has 1 heterocycles. The van der Waals surface area contributed by atoms with Crippen LogP contribution >= 0.6 is 11.3 Å². The van der Waals surface area contributed by atoms with Crippen molar-refractivity contribution in [3.8, 4) is 0 Å². The van der Waals surface area contributed by atoms with E-state index in [1.807, 2.05) is 13.0 Å². The molecule has 0 saturated carbocycles. The van der Waals surface area contributed by atoms with Gasteiger partial charge in [-0.15, -0.1) is 11.3 Å². The van der Waals surface area contributed by atoms with Gasteiger partial charge < -0.3 is 5.32 Å². The van der Waals surface area contributed by atoms with Gasteiger partial charge in [0.25, 0.3) is 11.8 Å². The molecule has 2 amide bonds. The summed E-state index contributed by atoms with van der Waals surface area (Å²) in [5.74, 6) is -0.617. The van der Waals surface area contributed by atoms with E-state index >= 15 is 0 Å². The molecule has 0 spiro atoms. The van der Waals surface area contributed by atoms with Gasteiger partial charge in [0.2, 0.25) is 0 Å². The third kappa shape index (κ3) is 4.00. The number of rotatable bonds is 5. The number of amides is 2. The Morgan fingerprint density at radius 2 is 2.19 bits per heavy atom. The second kappa shape index (κ2) is 6.24. The van der Waals surface area contributed by atoms with Gasteiger partial charge in [-0.1, -0.05) is 0 Å². The van der Waals surface area contributed by atoms with Gasteiger partial charge in [-0.3, -0.25) is 14.4 Å². The number of hydrogen-bond donors (Lipinski definition) is 2. The largest absolute Gasteiger partial charge is 0.342 e. The van der Waals surface area contributed by atoms with E-state index in [1.54, 1.807) is 13.0 Å². The highest BCUT2D eigenvalue weighted by Crippen LogP contribution is 2.14. The number of hydrogen-bond acceptors (Lipinski definition) is 4. The third-order valence-electron chi connectivity index (χ3n) is 1.70. The minimum atomic E-state index is -0.372. The van der Waals surface area contributed by atoms with Crippen LogP contribution in [0.25, 0.3) is 0 Å². The number of hydroxylamine groups is 1. The van der Waals surface area contributed by atoms with Gasteiger partial charge in [0.05, 0.1) is 18.0 Å². The quantitative estimate of drug-likeness (QED) is 0.752. The molecule has 0 fully saturated rings. The average molecular weight is 242 g/mol. The van der Waals surface area contributed by atoms with Crippen molar-refractivity contribution in [1.82, 2.24) is 10.8 Å².